The van der Waals surface area contributed by atoms with E-state index < -0.39 is 0 Å². The number of amides is 2. The SMILES string of the molecule is C=C1C=CC=CN1C(=O)N(N)CCCN. The third-order valence-corrected chi connectivity index (χ3v) is 2.00. The van der Waals surface area contributed by atoms with Gasteiger partial charge in [0.1, 0.15) is 0 Å². The van der Waals surface area contributed by atoms with Crippen LogP contribution in [-0.4, -0.2) is 29.0 Å². The molecule has 0 fully saturated rings. The molecule has 1 aliphatic rings. The van der Waals surface area contributed by atoms with Gasteiger partial charge in [-0.3, -0.25) is 9.91 Å². The van der Waals surface area contributed by atoms with Gasteiger partial charge in [0.2, 0.25) is 0 Å². The maximum absolute atomic E-state index is 11.8. The molecule has 1 rings (SSSR count). The fraction of sp³-hybridized carbons (Fsp3) is 0.300. The molecule has 0 spiro atoms. The number of carbonyl (C=O) groups is 1. The van der Waals surface area contributed by atoms with E-state index >= 15 is 0 Å². The van der Waals surface area contributed by atoms with Crippen molar-refractivity contribution in [1.29, 1.82) is 0 Å². The molecule has 5 nitrogen and oxygen atoms in total. The summed E-state index contributed by atoms with van der Waals surface area (Å²) in [6.07, 6.45) is 7.62. The second-order valence-corrected chi connectivity index (χ2v) is 3.18. The van der Waals surface area contributed by atoms with Crippen LogP contribution in [0.2, 0.25) is 0 Å². The molecule has 0 radical (unpaired) electrons. The third kappa shape index (κ3) is 2.93. The summed E-state index contributed by atoms with van der Waals surface area (Å²) in [5, 5.41) is 1.14. The van der Waals surface area contributed by atoms with E-state index in [4.69, 9.17) is 11.6 Å². The number of rotatable bonds is 3. The van der Waals surface area contributed by atoms with E-state index in [-0.39, 0.29) is 6.03 Å². The lowest BCUT2D eigenvalue weighted by atomic mass is 10.3. The highest BCUT2D eigenvalue weighted by molar-refractivity contribution is 5.77. The standard InChI is InChI=1S/C10H16N4O/c1-9-5-2-3-7-13(9)10(15)14(12)8-4-6-11/h2-3,5,7H,1,4,6,8,11-12H2. The van der Waals surface area contributed by atoms with Crippen LogP contribution >= 0.6 is 0 Å². The highest BCUT2D eigenvalue weighted by atomic mass is 16.2. The highest BCUT2D eigenvalue weighted by Crippen LogP contribution is 2.11. The second kappa shape index (κ2) is 5.33. The van der Waals surface area contributed by atoms with E-state index in [0.29, 0.717) is 25.2 Å². The van der Waals surface area contributed by atoms with Crippen LogP contribution < -0.4 is 11.6 Å². The molecule has 0 aromatic heterocycles. The van der Waals surface area contributed by atoms with Crippen molar-refractivity contribution in [2.75, 3.05) is 13.1 Å². The Kier molecular flexibility index (Phi) is 4.08. The number of nitrogens with two attached hydrogens (primary N) is 2. The van der Waals surface area contributed by atoms with Gasteiger partial charge in [-0.1, -0.05) is 12.7 Å². The minimum atomic E-state index is -0.297. The average Bonchev–Trinajstić information content (AvgIpc) is 2.25. The monoisotopic (exact) mass is 208 g/mol. The van der Waals surface area contributed by atoms with Gasteiger partial charge in [0.05, 0.1) is 0 Å². The lowest BCUT2D eigenvalue weighted by Crippen LogP contribution is -2.45. The molecule has 0 bridgehead atoms. The Bertz CT molecular complexity index is 309. The van der Waals surface area contributed by atoms with Crippen LogP contribution in [-0.2, 0) is 0 Å². The Morgan fingerprint density at radius 3 is 2.87 bits per heavy atom. The summed E-state index contributed by atoms with van der Waals surface area (Å²) in [5.41, 5.74) is 5.94. The van der Waals surface area contributed by atoms with Gasteiger partial charge in [0, 0.05) is 18.4 Å². The van der Waals surface area contributed by atoms with Crippen LogP contribution in [0.1, 0.15) is 6.42 Å². The van der Waals surface area contributed by atoms with Gasteiger partial charge in [-0.2, -0.15) is 0 Å². The zero-order valence-electron chi connectivity index (χ0n) is 8.60. The smallest absolute Gasteiger partial charge is 0.330 e. The lowest BCUT2D eigenvalue weighted by Gasteiger charge is -2.26. The van der Waals surface area contributed by atoms with Gasteiger partial charge >= 0.3 is 6.03 Å². The van der Waals surface area contributed by atoms with Gasteiger partial charge < -0.3 is 5.73 Å². The van der Waals surface area contributed by atoms with Crippen LogP contribution in [0.15, 0.2) is 36.7 Å². The first kappa shape index (κ1) is 11.5. The summed E-state index contributed by atoms with van der Waals surface area (Å²) in [6.45, 7) is 4.69. The van der Waals surface area contributed by atoms with Gasteiger partial charge in [-0.05, 0) is 25.1 Å². The first-order valence-electron chi connectivity index (χ1n) is 4.76. The lowest BCUT2D eigenvalue weighted by molar-refractivity contribution is 0.179. The molecule has 1 aliphatic heterocycles. The average molecular weight is 208 g/mol. The fourth-order valence-electron chi connectivity index (χ4n) is 1.16. The summed E-state index contributed by atoms with van der Waals surface area (Å²) in [4.78, 5) is 13.2. The van der Waals surface area contributed by atoms with E-state index in [2.05, 4.69) is 6.58 Å². The van der Waals surface area contributed by atoms with Crippen LogP contribution in [0.4, 0.5) is 4.79 Å². The molecule has 0 aliphatic carbocycles. The largest absolute Gasteiger partial charge is 0.342 e. The Balaban J connectivity index is 2.56. The first-order chi connectivity index (χ1) is 7.16. The van der Waals surface area contributed by atoms with Gasteiger partial charge in [0.15, 0.2) is 0 Å². The number of hydrazine groups is 1. The Hall–Kier alpha value is -1.59. The number of allylic oxidation sites excluding steroid dienone is 3. The highest BCUT2D eigenvalue weighted by Gasteiger charge is 2.18. The third-order valence-electron chi connectivity index (χ3n) is 2.00. The molecule has 0 aromatic carbocycles. The second-order valence-electron chi connectivity index (χ2n) is 3.18. The summed E-state index contributed by atoms with van der Waals surface area (Å²) in [6, 6.07) is -0.297. The van der Waals surface area contributed by atoms with Crippen molar-refractivity contribution in [3.8, 4) is 0 Å². The normalized spacial score (nSPS) is 14.5. The van der Waals surface area contributed by atoms with Crippen molar-refractivity contribution in [2.45, 2.75) is 6.42 Å². The number of hydrogen-bond donors (Lipinski definition) is 2. The molecule has 2 amide bonds. The van der Waals surface area contributed by atoms with Gasteiger partial charge in [-0.25, -0.2) is 10.6 Å². The summed E-state index contributed by atoms with van der Waals surface area (Å²) in [5.74, 6) is 5.58. The van der Waals surface area contributed by atoms with E-state index in [1.807, 2.05) is 6.08 Å². The Morgan fingerprint density at radius 1 is 1.53 bits per heavy atom. The zero-order valence-corrected chi connectivity index (χ0v) is 8.60. The molecule has 0 saturated carbocycles. The van der Waals surface area contributed by atoms with Crippen molar-refractivity contribution in [2.24, 2.45) is 11.6 Å². The van der Waals surface area contributed by atoms with Crippen LogP contribution in [0, 0.1) is 0 Å². The minimum Gasteiger partial charge on any atom is -0.330 e. The molecule has 15 heavy (non-hydrogen) atoms. The predicted molar refractivity (Wildman–Crippen MR) is 59.2 cm³/mol. The number of hydrogen-bond acceptors (Lipinski definition) is 3. The van der Waals surface area contributed by atoms with Crippen LogP contribution in [0.5, 0.6) is 0 Å². The summed E-state index contributed by atoms with van der Waals surface area (Å²) < 4.78 is 0. The molecule has 0 unspecified atom stereocenters. The molecule has 0 atom stereocenters. The van der Waals surface area contributed by atoms with E-state index in [1.54, 1.807) is 18.4 Å². The van der Waals surface area contributed by atoms with Crippen LogP contribution in [0.3, 0.4) is 0 Å². The number of carbonyl (C=O) groups excluding carboxylic acids is 1. The topological polar surface area (TPSA) is 75.6 Å². The van der Waals surface area contributed by atoms with Crippen molar-refractivity contribution in [3.63, 3.8) is 0 Å². The van der Waals surface area contributed by atoms with Gasteiger partial charge in [0.25, 0.3) is 0 Å². The molecule has 5 heteroatoms. The summed E-state index contributed by atoms with van der Waals surface area (Å²) in [7, 11) is 0. The van der Waals surface area contributed by atoms with Gasteiger partial charge in [-0.15, -0.1) is 0 Å². The van der Waals surface area contributed by atoms with Crippen molar-refractivity contribution >= 4 is 6.03 Å². The Labute approximate surface area is 89.3 Å². The van der Waals surface area contributed by atoms with Crippen molar-refractivity contribution in [1.82, 2.24) is 9.91 Å². The first-order valence-corrected chi connectivity index (χ1v) is 4.76. The fourth-order valence-corrected chi connectivity index (χ4v) is 1.16. The molecule has 4 N–H and O–H groups in total. The maximum Gasteiger partial charge on any atom is 0.342 e. The summed E-state index contributed by atoms with van der Waals surface area (Å²) >= 11 is 0. The molecule has 0 aromatic rings. The van der Waals surface area contributed by atoms with Crippen molar-refractivity contribution < 1.29 is 4.79 Å². The number of urea groups is 1. The molecule has 0 saturated heterocycles. The zero-order chi connectivity index (χ0) is 11.3. The molecular formula is C10H16N4O. The van der Waals surface area contributed by atoms with Crippen LogP contribution in [0.25, 0.3) is 0 Å². The maximum atomic E-state index is 11.8. The van der Waals surface area contributed by atoms with E-state index in [0.717, 1.165) is 5.01 Å². The predicted octanol–water partition coefficient (Wildman–Crippen LogP) is 0.530. The minimum absolute atomic E-state index is 0.297. The number of nitrogens with zero attached hydrogens (tertiary/aromatic N) is 2. The van der Waals surface area contributed by atoms with E-state index in [1.165, 1.54) is 4.90 Å². The molecule has 82 valence electrons. The Morgan fingerprint density at radius 2 is 2.27 bits per heavy atom. The van der Waals surface area contributed by atoms with E-state index in [9.17, 15) is 4.79 Å². The van der Waals surface area contributed by atoms with Crippen molar-refractivity contribution in [3.05, 3.63) is 36.7 Å². The quantitative estimate of drug-likeness (QED) is 0.403. The molecular weight excluding hydrogens is 192 g/mol. The molecule has 1 heterocycles.